The van der Waals surface area contributed by atoms with Gasteiger partial charge in [-0.3, -0.25) is 9.99 Å². The number of hydrogen-bond donors (Lipinski definition) is 1. The molecule has 1 aromatic heterocycles. The van der Waals surface area contributed by atoms with Crippen molar-refractivity contribution in [3.8, 4) is 0 Å². The van der Waals surface area contributed by atoms with E-state index in [2.05, 4.69) is 29.7 Å². The summed E-state index contributed by atoms with van der Waals surface area (Å²) in [5.41, 5.74) is 3.63. The average molecular weight is 283 g/mol. The van der Waals surface area contributed by atoms with Crippen molar-refractivity contribution >= 4 is 20.7 Å². The molecule has 3 aliphatic rings. The van der Waals surface area contributed by atoms with Crippen LogP contribution in [0.25, 0.3) is 0 Å². The topological polar surface area (TPSA) is 40.7 Å². The number of aromatic nitrogens is 1. The first-order valence-electron chi connectivity index (χ1n) is 6.54. The maximum Gasteiger partial charge on any atom is 0.144 e. The van der Waals surface area contributed by atoms with Crippen molar-refractivity contribution in [2.75, 3.05) is 13.1 Å². The molecule has 1 aliphatic carbocycles. The molecule has 3 fully saturated rings. The van der Waals surface area contributed by atoms with Crippen molar-refractivity contribution in [3.63, 3.8) is 0 Å². The van der Waals surface area contributed by atoms with Crippen molar-refractivity contribution in [2.24, 2.45) is 5.41 Å². The van der Waals surface area contributed by atoms with E-state index >= 15 is 0 Å². The molecule has 0 aromatic carbocycles. The smallest absolute Gasteiger partial charge is 0.144 e. The molecule has 0 radical (unpaired) electrons. The maximum absolute atomic E-state index is 5.88. The van der Waals surface area contributed by atoms with E-state index in [4.69, 9.17) is 4.74 Å². The Morgan fingerprint density at radius 1 is 1.61 bits per heavy atom. The van der Waals surface area contributed by atoms with E-state index in [-0.39, 0.29) is 12.3 Å². The average Bonchev–Trinajstić information content (AvgIpc) is 3.20. The molecule has 18 heavy (non-hydrogen) atoms. The minimum atomic E-state index is 0.220. The van der Waals surface area contributed by atoms with Gasteiger partial charge in [-0.15, -0.1) is 11.3 Å². The predicted octanol–water partition coefficient (Wildman–Crippen LogP) is 1.77. The maximum atomic E-state index is 5.88. The fourth-order valence-corrected chi connectivity index (χ4v) is 4.15. The van der Waals surface area contributed by atoms with Crippen LogP contribution < -0.4 is 5.09 Å². The van der Waals surface area contributed by atoms with Crippen molar-refractivity contribution in [3.05, 3.63) is 16.6 Å². The van der Waals surface area contributed by atoms with E-state index in [1.165, 1.54) is 25.8 Å². The summed E-state index contributed by atoms with van der Waals surface area (Å²) >= 11 is 1.65. The van der Waals surface area contributed by atoms with Crippen molar-refractivity contribution < 1.29 is 4.74 Å². The van der Waals surface area contributed by atoms with Gasteiger partial charge in [0.25, 0.3) is 0 Å². The molecule has 4 nitrogen and oxygen atoms in total. The fraction of sp³-hybridized carbons (Fsp3) is 0.750. The van der Waals surface area contributed by atoms with Crippen LogP contribution in [0.4, 0.5) is 0 Å². The highest BCUT2D eigenvalue weighted by Crippen LogP contribution is 2.57. The van der Waals surface area contributed by atoms with Crippen LogP contribution in [0, 0.1) is 5.41 Å². The van der Waals surface area contributed by atoms with Crippen LogP contribution in [0.5, 0.6) is 0 Å². The van der Waals surface area contributed by atoms with Gasteiger partial charge in [0.15, 0.2) is 0 Å². The molecule has 2 aliphatic heterocycles. The third kappa shape index (κ3) is 1.93. The van der Waals surface area contributed by atoms with E-state index in [0.29, 0.717) is 11.5 Å². The summed E-state index contributed by atoms with van der Waals surface area (Å²) in [5.74, 6) is 0. The van der Waals surface area contributed by atoms with E-state index in [1.807, 2.05) is 5.51 Å². The second-order valence-electron chi connectivity index (χ2n) is 5.80. The first-order chi connectivity index (χ1) is 8.81. The summed E-state index contributed by atoms with van der Waals surface area (Å²) in [6.07, 6.45) is 4.64. The lowest BCUT2D eigenvalue weighted by molar-refractivity contribution is 0.159. The molecular weight excluding hydrogens is 265 g/mol. The Labute approximate surface area is 113 Å². The molecule has 6 heteroatoms. The van der Waals surface area contributed by atoms with Crippen molar-refractivity contribution in [2.45, 2.75) is 37.6 Å². The van der Waals surface area contributed by atoms with Gasteiger partial charge in [0.2, 0.25) is 0 Å². The summed E-state index contributed by atoms with van der Waals surface area (Å²) < 4.78 is 5.88. The summed E-state index contributed by atoms with van der Waals surface area (Å²) in [6.45, 7) is 2.26. The second-order valence-corrected chi connectivity index (χ2v) is 6.93. The van der Waals surface area contributed by atoms with E-state index in [1.54, 1.807) is 11.3 Å². The van der Waals surface area contributed by atoms with Gasteiger partial charge in [-0.1, -0.05) is 9.39 Å². The van der Waals surface area contributed by atoms with Gasteiger partial charge in [0.1, 0.15) is 12.3 Å². The molecule has 1 N–H and O–H groups in total. The molecule has 2 saturated heterocycles. The lowest BCUT2D eigenvalue weighted by Gasteiger charge is -2.21. The number of likely N-dealkylation sites (tertiary alicyclic amines) is 1. The van der Waals surface area contributed by atoms with Crippen molar-refractivity contribution in [1.82, 2.24) is 15.0 Å². The number of epoxide rings is 1. The van der Waals surface area contributed by atoms with E-state index < -0.39 is 0 Å². The molecule has 4 atom stereocenters. The van der Waals surface area contributed by atoms with Gasteiger partial charge in [-0.2, -0.15) is 0 Å². The highest BCUT2D eigenvalue weighted by molar-refractivity contribution is 7.13. The zero-order valence-corrected chi connectivity index (χ0v) is 12.2. The molecule has 98 valence electrons. The monoisotopic (exact) mass is 283 g/mol. The minimum absolute atomic E-state index is 0.220. The van der Waals surface area contributed by atoms with Crippen LogP contribution in [0.3, 0.4) is 0 Å². The lowest BCUT2D eigenvalue weighted by Crippen LogP contribution is -2.37. The minimum Gasteiger partial charge on any atom is -0.346 e. The fourth-order valence-electron chi connectivity index (χ4n) is 3.30. The Bertz CT molecular complexity index is 437. The molecular formula is C12H18N3OPS. The first-order valence-corrected chi connectivity index (χ1v) is 8.06. The van der Waals surface area contributed by atoms with Crippen LogP contribution in [0.1, 0.15) is 31.1 Å². The van der Waals surface area contributed by atoms with Gasteiger partial charge >= 0.3 is 0 Å². The molecule has 0 bridgehead atoms. The van der Waals surface area contributed by atoms with Crippen molar-refractivity contribution in [1.29, 1.82) is 0 Å². The molecule has 1 aromatic rings. The third-order valence-electron chi connectivity index (χ3n) is 4.50. The largest absolute Gasteiger partial charge is 0.346 e. The second kappa shape index (κ2) is 4.22. The summed E-state index contributed by atoms with van der Waals surface area (Å²) in [4.78, 5) is 6.93. The zero-order valence-electron chi connectivity index (χ0n) is 10.2. The highest BCUT2D eigenvalue weighted by atomic mass is 32.1. The molecule has 4 rings (SSSR count). The Kier molecular flexibility index (Phi) is 2.75. The van der Waals surface area contributed by atoms with Crippen LogP contribution in [0.15, 0.2) is 10.9 Å². The highest BCUT2D eigenvalue weighted by Gasteiger charge is 2.58. The zero-order chi connectivity index (χ0) is 12.2. The van der Waals surface area contributed by atoms with Gasteiger partial charge in [0, 0.05) is 24.5 Å². The van der Waals surface area contributed by atoms with Crippen LogP contribution >= 0.6 is 20.7 Å². The number of nitrogens with zero attached hydrogens (tertiary/aromatic N) is 2. The first kappa shape index (κ1) is 11.7. The number of hydrogen-bond acceptors (Lipinski definition) is 5. The van der Waals surface area contributed by atoms with Crippen LogP contribution in [0.2, 0.25) is 0 Å². The quantitative estimate of drug-likeness (QED) is 0.675. The van der Waals surface area contributed by atoms with Crippen LogP contribution in [-0.4, -0.2) is 35.2 Å². The number of nitrogens with one attached hydrogen (secondary N) is 1. The number of ether oxygens (including phenoxy) is 1. The molecule has 0 amide bonds. The van der Waals surface area contributed by atoms with E-state index in [9.17, 15) is 0 Å². The predicted molar refractivity (Wildman–Crippen MR) is 74.2 cm³/mol. The normalized spacial score (nSPS) is 37.3. The van der Waals surface area contributed by atoms with Gasteiger partial charge in [-0.25, -0.2) is 4.98 Å². The van der Waals surface area contributed by atoms with Crippen LogP contribution in [-0.2, 0) is 4.74 Å². The molecule has 1 saturated carbocycles. The SMILES string of the molecule is PNC[C@@H]1CC2(CC2)CN1C1OC1c1cscn1. The van der Waals surface area contributed by atoms with E-state index in [0.717, 1.165) is 12.2 Å². The van der Waals surface area contributed by atoms with Gasteiger partial charge < -0.3 is 4.74 Å². The molecule has 3 unspecified atom stereocenters. The number of rotatable bonds is 4. The standard InChI is InChI=1S/C12H18N3OPS/c17-14-4-8-3-12(1-2-12)6-15(8)11-10(16-11)9-5-18-7-13-9/h5,7-8,10-11,14H,1-4,6,17H2/t8-,10?,11?/m0/s1. The Morgan fingerprint density at radius 2 is 2.50 bits per heavy atom. The Balaban J connectivity index is 1.47. The summed E-state index contributed by atoms with van der Waals surface area (Å²) in [6, 6.07) is 0.624. The number of thiazole rings is 1. The third-order valence-corrected chi connectivity index (χ3v) is 5.34. The van der Waals surface area contributed by atoms with Gasteiger partial charge in [0.05, 0.1) is 11.2 Å². The molecule has 3 heterocycles. The molecule has 1 spiro atoms. The Morgan fingerprint density at radius 3 is 3.17 bits per heavy atom. The lowest BCUT2D eigenvalue weighted by atomic mass is 10.0. The van der Waals surface area contributed by atoms with Gasteiger partial charge in [-0.05, 0) is 24.7 Å². The Hall–Kier alpha value is -0.0600. The summed E-state index contributed by atoms with van der Waals surface area (Å²) in [5, 5.41) is 5.35. The summed E-state index contributed by atoms with van der Waals surface area (Å²) in [7, 11) is 2.62.